The van der Waals surface area contributed by atoms with Crippen LogP contribution in [0.1, 0.15) is 12.0 Å². The van der Waals surface area contributed by atoms with E-state index in [2.05, 4.69) is 19.9 Å². The quantitative estimate of drug-likeness (QED) is 0.847. The monoisotopic (exact) mass is 270 g/mol. The van der Waals surface area contributed by atoms with Gasteiger partial charge in [0.05, 0.1) is 6.10 Å². The van der Waals surface area contributed by atoms with Crippen LogP contribution in [0.2, 0.25) is 0 Å². The maximum absolute atomic E-state index is 5.37. The molecule has 3 heterocycles. The predicted octanol–water partition coefficient (Wildman–Crippen LogP) is 1.76. The molecule has 5 heteroatoms. The Morgan fingerprint density at radius 2 is 2.10 bits per heavy atom. The standard InChI is InChI=1S/C15H18N4O/c1-20-13-5-7-19(11-13)10-12-8-17-15(18-9-12)14-4-2-3-6-16-14/h2-4,6,8-9,13H,5,7,10-11H2,1H3. The summed E-state index contributed by atoms with van der Waals surface area (Å²) in [6.07, 6.45) is 6.99. The fourth-order valence-corrected chi connectivity index (χ4v) is 2.46. The number of nitrogens with zero attached hydrogens (tertiary/aromatic N) is 4. The van der Waals surface area contributed by atoms with Gasteiger partial charge in [-0.05, 0) is 18.6 Å². The van der Waals surface area contributed by atoms with E-state index in [0.29, 0.717) is 11.9 Å². The second-order valence-corrected chi connectivity index (χ2v) is 5.01. The largest absolute Gasteiger partial charge is 0.380 e. The van der Waals surface area contributed by atoms with Gasteiger partial charge in [-0.15, -0.1) is 0 Å². The summed E-state index contributed by atoms with van der Waals surface area (Å²) in [7, 11) is 1.78. The molecule has 1 aliphatic heterocycles. The Hall–Kier alpha value is -1.85. The fourth-order valence-electron chi connectivity index (χ4n) is 2.46. The Bertz CT molecular complexity index is 544. The Labute approximate surface area is 118 Å². The number of pyridine rings is 1. The molecule has 1 aliphatic rings. The van der Waals surface area contributed by atoms with Crippen molar-refractivity contribution < 1.29 is 4.74 Å². The van der Waals surface area contributed by atoms with Crippen LogP contribution in [0.15, 0.2) is 36.8 Å². The van der Waals surface area contributed by atoms with E-state index in [1.807, 2.05) is 30.6 Å². The number of aromatic nitrogens is 3. The van der Waals surface area contributed by atoms with E-state index < -0.39 is 0 Å². The molecule has 2 aromatic rings. The lowest BCUT2D eigenvalue weighted by Crippen LogP contribution is -2.22. The number of rotatable bonds is 4. The Kier molecular flexibility index (Phi) is 3.99. The third kappa shape index (κ3) is 3.00. The molecule has 2 aromatic heterocycles. The van der Waals surface area contributed by atoms with Crippen molar-refractivity contribution in [3.63, 3.8) is 0 Å². The van der Waals surface area contributed by atoms with Crippen molar-refractivity contribution >= 4 is 0 Å². The van der Waals surface area contributed by atoms with Gasteiger partial charge in [-0.25, -0.2) is 9.97 Å². The second-order valence-electron chi connectivity index (χ2n) is 5.01. The van der Waals surface area contributed by atoms with Gasteiger partial charge in [0, 0.05) is 50.9 Å². The number of hydrogen-bond donors (Lipinski definition) is 0. The van der Waals surface area contributed by atoms with Gasteiger partial charge in [-0.3, -0.25) is 9.88 Å². The van der Waals surface area contributed by atoms with Crippen LogP contribution in [-0.4, -0.2) is 46.2 Å². The molecule has 1 unspecified atom stereocenters. The van der Waals surface area contributed by atoms with Crippen molar-refractivity contribution in [1.29, 1.82) is 0 Å². The molecular weight excluding hydrogens is 252 g/mol. The first-order valence-electron chi connectivity index (χ1n) is 6.82. The lowest BCUT2D eigenvalue weighted by Gasteiger charge is -2.15. The predicted molar refractivity (Wildman–Crippen MR) is 76.0 cm³/mol. The smallest absolute Gasteiger partial charge is 0.178 e. The second kappa shape index (κ2) is 6.07. The SMILES string of the molecule is COC1CCN(Cc2cnc(-c3ccccn3)nc2)C1. The van der Waals surface area contributed by atoms with Crippen molar-refractivity contribution in [2.24, 2.45) is 0 Å². The minimum absolute atomic E-state index is 0.365. The highest BCUT2D eigenvalue weighted by molar-refractivity contribution is 5.47. The third-order valence-electron chi connectivity index (χ3n) is 3.57. The first-order chi connectivity index (χ1) is 9.85. The van der Waals surface area contributed by atoms with Crippen LogP contribution in [-0.2, 0) is 11.3 Å². The van der Waals surface area contributed by atoms with Gasteiger partial charge in [0.25, 0.3) is 0 Å². The minimum Gasteiger partial charge on any atom is -0.380 e. The fraction of sp³-hybridized carbons (Fsp3) is 0.400. The van der Waals surface area contributed by atoms with E-state index in [9.17, 15) is 0 Å². The lowest BCUT2D eigenvalue weighted by molar-refractivity contribution is 0.107. The number of likely N-dealkylation sites (tertiary alicyclic amines) is 1. The number of ether oxygens (including phenoxy) is 1. The van der Waals surface area contributed by atoms with E-state index in [1.54, 1.807) is 13.3 Å². The highest BCUT2D eigenvalue weighted by Crippen LogP contribution is 2.16. The van der Waals surface area contributed by atoms with Crippen LogP contribution in [0.4, 0.5) is 0 Å². The molecule has 0 saturated carbocycles. The lowest BCUT2D eigenvalue weighted by atomic mass is 10.3. The summed E-state index contributed by atoms with van der Waals surface area (Å²) in [5.74, 6) is 0.672. The molecule has 0 radical (unpaired) electrons. The van der Waals surface area contributed by atoms with Crippen LogP contribution in [0.25, 0.3) is 11.5 Å². The maximum Gasteiger partial charge on any atom is 0.178 e. The molecule has 3 rings (SSSR count). The number of methoxy groups -OCH3 is 1. The van der Waals surface area contributed by atoms with Gasteiger partial charge in [-0.2, -0.15) is 0 Å². The van der Waals surface area contributed by atoms with Crippen molar-refractivity contribution in [2.75, 3.05) is 20.2 Å². The Morgan fingerprint density at radius 3 is 2.75 bits per heavy atom. The zero-order valence-electron chi connectivity index (χ0n) is 11.6. The van der Waals surface area contributed by atoms with Gasteiger partial charge in [0.2, 0.25) is 0 Å². The molecule has 0 aliphatic carbocycles. The molecule has 0 N–H and O–H groups in total. The molecule has 104 valence electrons. The van der Waals surface area contributed by atoms with Crippen molar-refractivity contribution in [2.45, 2.75) is 19.1 Å². The Balaban J connectivity index is 1.65. The van der Waals surface area contributed by atoms with Crippen LogP contribution < -0.4 is 0 Å². The first-order valence-corrected chi connectivity index (χ1v) is 6.82. The molecule has 0 spiro atoms. The molecule has 0 amide bonds. The zero-order valence-corrected chi connectivity index (χ0v) is 11.6. The van der Waals surface area contributed by atoms with Crippen molar-refractivity contribution in [3.05, 3.63) is 42.4 Å². The van der Waals surface area contributed by atoms with Crippen molar-refractivity contribution in [3.8, 4) is 11.5 Å². The summed E-state index contributed by atoms with van der Waals surface area (Å²) in [5, 5.41) is 0. The molecule has 5 nitrogen and oxygen atoms in total. The normalized spacial score (nSPS) is 19.4. The molecular formula is C15H18N4O. The van der Waals surface area contributed by atoms with Gasteiger partial charge < -0.3 is 4.74 Å². The van der Waals surface area contributed by atoms with Crippen LogP contribution in [0.5, 0.6) is 0 Å². The zero-order chi connectivity index (χ0) is 13.8. The summed E-state index contributed by atoms with van der Waals surface area (Å²) in [6.45, 7) is 2.93. The van der Waals surface area contributed by atoms with Crippen LogP contribution in [0.3, 0.4) is 0 Å². The van der Waals surface area contributed by atoms with E-state index in [4.69, 9.17) is 4.74 Å². The van der Waals surface area contributed by atoms with Gasteiger partial charge in [0.1, 0.15) is 5.69 Å². The summed E-state index contributed by atoms with van der Waals surface area (Å²) in [4.78, 5) is 15.4. The van der Waals surface area contributed by atoms with Crippen LogP contribution >= 0.6 is 0 Å². The van der Waals surface area contributed by atoms with E-state index in [-0.39, 0.29) is 0 Å². The number of hydrogen-bond acceptors (Lipinski definition) is 5. The summed E-state index contributed by atoms with van der Waals surface area (Å²) in [5.41, 5.74) is 1.93. The average Bonchev–Trinajstić information content (AvgIpc) is 2.97. The molecule has 1 atom stereocenters. The molecule has 1 saturated heterocycles. The van der Waals surface area contributed by atoms with Crippen LogP contribution in [0, 0.1) is 0 Å². The van der Waals surface area contributed by atoms with E-state index in [0.717, 1.165) is 37.3 Å². The summed E-state index contributed by atoms with van der Waals surface area (Å²) >= 11 is 0. The minimum atomic E-state index is 0.365. The maximum atomic E-state index is 5.37. The molecule has 1 fully saturated rings. The van der Waals surface area contributed by atoms with Crippen molar-refractivity contribution in [1.82, 2.24) is 19.9 Å². The third-order valence-corrected chi connectivity index (χ3v) is 3.57. The summed E-state index contributed by atoms with van der Waals surface area (Å²) in [6, 6.07) is 5.74. The van der Waals surface area contributed by atoms with Gasteiger partial charge >= 0.3 is 0 Å². The average molecular weight is 270 g/mol. The molecule has 0 bridgehead atoms. The summed E-state index contributed by atoms with van der Waals surface area (Å²) < 4.78 is 5.37. The topological polar surface area (TPSA) is 51.1 Å². The molecule has 20 heavy (non-hydrogen) atoms. The highest BCUT2D eigenvalue weighted by atomic mass is 16.5. The van der Waals surface area contributed by atoms with Gasteiger partial charge in [0.15, 0.2) is 5.82 Å². The Morgan fingerprint density at radius 1 is 1.25 bits per heavy atom. The van der Waals surface area contributed by atoms with E-state index in [1.165, 1.54) is 0 Å². The molecule has 0 aromatic carbocycles. The van der Waals surface area contributed by atoms with Gasteiger partial charge in [-0.1, -0.05) is 6.07 Å². The first kappa shape index (κ1) is 13.1. The highest BCUT2D eigenvalue weighted by Gasteiger charge is 2.21. The van der Waals surface area contributed by atoms with E-state index >= 15 is 0 Å².